The smallest absolute Gasteiger partial charge is 0.340 e. The van der Waals surface area contributed by atoms with Crippen LogP contribution in [-0.4, -0.2) is 197 Å². The first-order valence-corrected chi connectivity index (χ1v) is 33.2. The number of hydrogen-bond donors (Lipinski definition) is 17. The molecule has 0 radical (unpaired) electrons. The third-order valence-corrected chi connectivity index (χ3v) is 17.1. The fraction of sp³-hybridized carbons (Fsp3) is 0.413. The number of unbranched alkanes of at least 4 members (excludes halogenated alkanes) is 1. The fourth-order valence-corrected chi connectivity index (χ4v) is 12.0. The fourth-order valence-electron chi connectivity index (χ4n) is 10.6. The van der Waals surface area contributed by atoms with Crippen LogP contribution < -0.4 is 69.4 Å². The van der Waals surface area contributed by atoms with Crippen LogP contribution in [0.5, 0.6) is 23.0 Å². The Bertz CT molecular complexity index is 3570. The first kappa shape index (κ1) is 74.6. The molecule has 7 rings (SSSR count). The van der Waals surface area contributed by atoms with Crippen molar-refractivity contribution < 1.29 is 87.1 Å². The number of rotatable bonds is 21. The van der Waals surface area contributed by atoms with Crippen LogP contribution in [0.2, 0.25) is 0 Å². The Labute approximate surface area is 571 Å². The van der Waals surface area contributed by atoms with E-state index in [1.807, 2.05) is 0 Å². The van der Waals surface area contributed by atoms with Gasteiger partial charge < -0.3 is 94.2 Å². The number of fused-ring (bicyclic) bond motifs is 6. The minimum atomic E-state index is -1.85. The number of aliphatic imine (C=N–C) groups is 1. The van der Waals surface area contributed by atoms with Gasteiger partial charge in [0.25, 0.3) is 5.91 Å². The molecule has 7 atom stereocenters. The number of phenols is 2. The van der Waals surface area contributed by atoms with E-state index < -0.39 is 143 Å². The van der Waals surface area contributed by atoms with Crippen LogP contribution in [-0.2, 0) is 69.4 Å². The molecule has 31 nitrogen and oxygen atoms in total. The van der Waals surface area contributed by atoms with Crippen LogP contribution in [0.3, 0.4) is 0 Å². The van der Waals surface area contributed by atoms with E-state index in [0.717, 1.165) is 11.8 Å². The Hall–Kier alpha value is -9.80. The van der Waals surface area contributed by atoms with Crippen molar-refractivity contribution in [3.63, 3.8) is 0 Å². The van der Waals surface area contributed by atoms with E-state index in [0.29, 0.717) is 23.3 Å². The van der Waals surface area contributed by atoms with E-state index in [1.165, 1.54) is 54.6 Å². The van der Waals surface area contributed by atoms with Crippen molar-refractivity contribution in [1.82, 2.24) is 53.2 Å². The average molecular weight is 1400 g/mol. The van der Waals surface area contributed by atoms with Gasteiger partial charge >= 0.3 is 11.9 Å². The largest absolute Gasteiger partial charge is 0.508 e. The van der Waals surface area contributed by atoms with Gasteiger partial charge in [-0.05, 0) is 87.1 Å². The second-order valence-electron chi connectivity index (χ2n) is 22.4. The van der Waals surface area contributed by atoms with Gasteiger partial charge in [-0.1, -0.05) is 30.3 Å². The molecule has 0 aliphatic carbocycles. The Balaban J connectivity index is 1.13. The quantitative estimate of drug-likeness (QED) is 0.0150. The average Bonchev–Trinajstić information content (AvgIpc) is 1.60. The number of benzene rings is 4. The third-order valence-electron chi connectivity index (χ3n) is 15.4. The third kappa shape index (κ3) is 20.6. The number of aromatic hydroxyl groups is 2. The molecule has 17 N–H and O–H groups in total. The number of ether oxygens (including phenoxy) is 3. The second-order valence-corrected chi connectivity index (χ2v) is 24.2. The summed E-state index contributed by atoms with van der Waals surface area (Å²) in [5.41, 5.74) is 11.1. The molecular formula is C63H77N13O18S3. The molecule has 520 valence electrons. The normalized spacial score (nSPS) is 21.1. The summed E-state index contributed by atoms with van der Waals surface area (Å²) in [5.74, 6) is -13.0. The second kappa shape index (κ2) is 35.8. The first-order chi connectivity index (χ1) is 46.4. The molecule has 10 amide bonds. The van der Waals surface area contributed by atoms with E-state index in [1.54, 1.807) is 37.3 Å². The summed E-state index contributed by atoms with van der Waals surface area (Å²) in [6, 6.07) is 10.7. The summed E-state index contributed by atoms with van der Waals surface area (Å²) < 4.78 is 17.6. The summed E-state index contributed by atoms with van der Waals surface area (Å²) >= 11 is 9.42. The Morgan fingerprint density at radius 3 is 1.88 bits per heavy atom. The molecule has 4 aromatic rings. The van der Waals surface area contributed by atoms with Gasteiger partial charge in [-0.3, -0.25) is 57.7 Å². The SMILES string of the molecule is CCOCCNC(=O)[C@@H]1CSCC(=O)N[C@@H](CCCCNC(=O)c2ccc3c(c2)C2(OC3=O)c3ccc(O)cc3Oc3cc(O)ccc32)C(=O)N[C@@H](CS)C(=O)N[C@@H](CCCN=C(N)N)C(=O)NCC(=O)N[C@@H](CC(=O)O)C(=O)N[C@@H](CS)C(=O)N[C@@H](Cc2ccccc2)C(=O)N1. The van der Waals surface area contributed by atoms with E-state index in [9.17, 15) is 72.9 Å². The molecule has 1 spiro atoms. The number of nitrogens with two attached hydrogens (primary N) is 2. The van der Waals surface area contributed by atoms with Gasteiger partial charge in [-0.2, -0.15) is 25.3 Å². The highest BCUT2D eigenvalue weighted by Crippen LogP contribution is 2.57. The number of carboxylic acid groups (broad SMARTS) is 1. The summed E-state index contributed by atoms with van der Waals surface area (Å²) in [4.78, 5) is 169. The van der Waals surface area contributed by atoms with E-state index in [4.69, 9.17) is 25.7 Å². The molecule has 1 saturated heterocycles. The van der Waals surface area contributed by atoms with E-state index in [2.05, 4.69) is 83.4 Å². The summed E-state index contributed by atoms with van der Waals surface area (Å²) in [7, 11) is 0. The highest BCUT2D eigenvalue weighted by molar-refractivity contribution is 8.00. The van der Waals surface area contributed by atoms with Crippen molar-refractivity contribution in [3.8, 4) is 23.0 Å². The zero-order valence-corrected chi connectivity index (χ0v) is 55.1. The Morgan fingerprint density at radius 1 is 0.660 bits per heavy atom. The molecule has 0 bridgehead atoms. The number of thioether (sulfide) groups is 1. The van der Waals surface area contributed by atoms with E-state index in [-0.39, 0.29) is 122 Å². The van der Waals surface area contributed by atoms with Gasteiger partial charge in [0.15, 0.2) is 11.6 Å². The number of nitrogens with zero attached hydrogens (tertiary/aromatic N) is 1. The zero-order valence-electron chi connectivity index (χ0n) is 52.5. The van der Waals surface area contributed by atoms with Gasteiger partial charge in [0.05, 0.1) is 30.9 Å². The van der Waals surface area contributed by atoms with Crippen molar-refractivity contribution in [1.29, 1.82) is 0 Å². The topological polar surface area (TPSA) is 478 Å². The lowest BCUT2D eigenvalue weighted by Crippen LogP contribution is -2.60. The molecule has 97 heavy (non-hydrogen) atoms. The predicted molar refractivity (Wildman–Crippen MR) is 358 cm³/mol. The number of hydrogen-bond acceptors (Lipinski definition) is 21. The number of aliphatic carboxylic acids is 1. The van der Waals surface area contributed by atoms with Crippen molar-refractivity contribution >= 4 is 114 Å². The van der Waals surface area contributed by atoms with E-state index >= 15 is 0 Å². The van der Waals surface area contributed by atoms with Crippen LogP contribution in [0.1, 0.15) is 88.4 Å². The van der Waals surface area contributed by atoms with Crippen molar-refractivity contribution in [3.05, 3.63) is 118 Å². The van der Waals surface area contributed by atoms with Crippen LogP contribution in [0.25, 0.3) is 0 Å². The summed E-state index contributed by atoms with van der Waals surface area (Å²) in [6.45, 7) is 1.28. The van der Waals surface area contributed by atoms with Crippen LogP contribution in [0.4, 0.5) is 0 Å². The molecule has 34 heteroatoms. The number of phenolic OH excluding ortho intramolecular Hbond substituents is 2. The van der Waals surface area contributed by atoms with Crippen molar-refractivity contribution in [2.45, 2.75) is 99.8 Å². The maximum absolute atomic E-state index is 14.4. The Kier molecular flexibility index (Phi) is 27.5. The standard InChI is InChI=1S/C63H77N13O18S3/c1-2-92-22-21-67-55(85)47-31-97-32-51(80)70-42(11-6-7-19-66-53(83)34-13-16-37-40(24-34)63(94-61(37)91)38-17-14-35(77)25-48(38)93-49-26-36(78)15-18-39(49)63)56(86)74-45(29-95)59(89)72-41(12-8-20-68-62(64)65)54(84)69-28-50(79)71-44(27-52(81)82)58(88)75-46(30-96)60(90)73-43(57(87)76-47)23-33-9-4-3-5-10-33/h3-5,9-10,13-18,24-26,41-47,77-78,95-96H,2,6-8,11-12,19-23,27-32H2,1H3,(H,66,83)(H,67,85)(H,69,84)(H,70,80)(H,71,79)(H,72,89)(H,73,90)(H,74,86)(H,75,88)(H,76,87)(H,81,82)(H4,64,65,68)/t41-,42-,43-,44-,45-,46-,47-/m0/s1. The number of carboxylic acids is 1. The van der Waals surface area contributed by atoms with Gasteiger partial charge in [0, 0.05) is 84.3 Å². The minimum Gasteiger partial charge on any atom is -0.508 e. The molecule has 0 saturated carbocycles. The molecule has 0 aromatic heterocycles. The van der Waals surface area contributed by atoms with Crippen LogP contribution >= 0.6 is 37.0 Å². The van der Waals surface area contributed by atoms with Gasteiger partial charge in [0.2, 0.25) is 53.2 Å². The molecule has 4 aromatic carbocycles. The van der Waals surface area contributed by atoms with Crippen LogP contribution in [0, 0.1) is 0 Å². The highest BCUT2D eigenvalue weighted by atomic mass is 32.2. The van der Waals surface area contributed by atoms with Gasteiger partial charge in [-0.25, -0.2) is 4.79 Å². The molecule has 1 fully saturated rings. The van der Waals surface area contributed by atoms with Crippen LogP contribution in [0.15, 0.2) is 89.9 Å². The van der Waals surface area contributed by atoms with Gasteiger partial charge in [0.1, 0.15) is 65.3 Å². The number of carbonyl (C=O) groups is 12. The zero-order chi connectivity index (χ0) is 70.3. The minimum absolute atomic E-state index is 0.00594. The van der Waals surface area contributed by atoms with Crippen molar-refractivity contribution in [2.24, 2.45) is 16.5 Å². The number of thiol groups is 2. The molecule has 0 unspecified atom stereocenters. The first-order valence-electron chi connectivity index (χ1n) is 30.8. The number of amides is 10. The number of nitrogens with one attached hydrogen (secondary N) is 10. The molecule has 3 aliphatic heterocycles. The summed E-state index contributed by atoms with van der Waals surface area (Å²) in [6.07, 6.45) is -1.02. The number of guanidine groups is 1. The van der Waals surface area contributed by atoms with Crippen molar-refractivity contribution in [2.75, 3.05) is 62.4 Å². The monoisotopic (exact) mass is 1400 g/mol. The Morgan fingerprint density at radius 2 is 1.25 bits per heavy atom. The molecule has 3 heterocycles. The maximum Gasteiger partial charge on any atom is 0.340 e. The summed E-state index contributed by atoms with van der Waals surface area (Å²) in [5, 5.41) is 56.0. The molecular weight excluding hydrogens is 1320 g/mol. The number of carbonyl (C=O) groups excluding carboxylic acids is 11. The van der Waals surface area contributed by atoms with Gasteiger partial charge in [-0.15, -0.1) is 11.8 Å². The predicted octanol–water partition coefficient (Wildman–Crippen LogP) is -1.39. The lowest BCUT2D eigenvalue weighted by molar-refractivity contribution is -0.141. The molecule has 3 aliphatic rings. The number of esters is 1. The highest BCUT2D eigenvalue weighted by Gasteiger charge is 2.54. The lowest BCUT2D eigenvalue weighted by atomic mass is 9.77. The maximum atomic E-state index is 14.4. The lowest BCUT2D eigenvalue weighted by Gasteiger charge is -2.36.